The highest BCUT2D eigenvalue weighted by Gasteiger charge is 2.37. The van der Waals surface area contributed by atoms with Gasteiger partial charge in [-0.05, 0) is 73.9 Å². The molecule has 3 aliphatic carbocycles. The van der Waals surface area contributed by atoms with Crippen molar-refractivity contribution >= 4 is 10.9 Å². The molecule has 3 aliphatic rings. The number of hydrogen-bond donors (Lipinski definition) is 0. The first-order chi connectivity index (χ1) is 8.78. The summed E-state index contributed by atoms with van der Waals surface area (Å²) >= 11 is 0. The lowest BCUT2D eigenvalue weighted by Gasteiger charge is -2.45. The zero-order valence-electron chi connectivity index (χ0n) is 11.1. The van der Waals surface area contributed by atoms with Crippen LogP contribution in [0.3, 0.4) is 0 Å². The van der Waals surface area contributed by atoms with Gasteiger partial charge in [0.15, 0.2) is 0 Å². The average molecular weight is 239 g/mol. The molecule has 0 spiro atoms. The van der Waals surface area contributed by atoms with E-state index in [1.165, 1.54) is 48.7 Å². The molecule has 0 N–H and O–H groups in total. The zero-order valence-corrected chi connectivity index (χ0v) is 11.1. The van der Waals surface area contributed by atoms with Crippen molar-refractivity contribution in [2.45, 2.75) is 39.2 Å². The lowest BCUT2D eigenvalue weighted by Crippen LogP contribution is -2.35. The first-order valence-electron chi connectivity index (χ1n) is 7.33. The van der Waals surface area contributed by atoms with Crippen LogP contribution in [0.15, 0.2) is 30.5 Å². The molecule has 0 aliphatic heterocycles. The maximum Gasteiger partial charge on any atom is 0.0480 e. The van der Waals surface area contributed by atoms with E-state index in [0.29, 0.717) is 0 Å². The van der Waals surface area contributed by atoms with Gasteiger partial charge in [0.2, 0.25) is 0 Å². The first kappa shape index (κ1) is 10.7. The molecule has 3 saturated carbocycles. The normalized spacial score (nSPS) is 30.4. The maximum absolute atomic E-state index is 2.48. The third kappa shape index (κ3) is 1.68. The number of fused-ring (bicyclic) bond motifs is 3. The smallest absolute Gasteiger partial charge is 0.0480 e. The van der Waals surface area contributed by atoms with Crippen molar-refractivity contribution in [3.05, 3.63) is 36.0 Å². The summed E-state index contributed by atoms with van der Waals surface area (Å²) in [5.41, 5.74) is 2.78. The topological polar surface area (TPSA) is 4.93 Å². The molecule has 0 atom stereocenters. The van der Waals surface area contributed by atoms with Gasteiger partial charge in [-0.25, -0.2) is 0 Å². The largest absolute Gasteiger partial charge is 0.347 e. The number of aromatic nitrogens is 1. The Morgan fingerprint density at radius 1 is 1.06 bits per heavy atom. The number of hydrogen-bond acceptors (Lipinski definition) is 0. The molecule has 2 aromatic rings. The van der Waals surface area contributed by atoms with Crippen molar-refractivity contribution in [3.63, 3.8) is 0 Å². The van der Waals surface area contributed by atoms with Gasteiger partial charge in [-0.15, -0.1) is 0 Å². The Labute approximate surface area is 109 Å². The van der Waals surface area contributed by atoms with Crippen LogP contribution in [0.1, 0.15) is 31.2 Å². The van der Waals surface area contributed by atoms with E-state index in [1.807, 2.05) is 0 Å². The van der Waals surface area contributed by atoms with E-state index in [9.17, 15) is 0 Å². The third-order valence-electron chi connectivity index (χ3n) is 5.05. The molecule has 3 fully saturated rings. The van der Waals surface area contributed by atoms with E-state index >= 15 is 0 Å². The van der Waals surface area contributed by atoms with Gasteiger partial charge in [-0.3, -0.25) is 0 Å². The Morgan fingerprint density at radius 3 is 2.61 bits per heavy atom. The average Bonchev–Trinajstić information content (AvgIpc) is 2.71. The van der Waals surface area contributed by atoms with Gasteiger partial charge in [-0.2, -0.15) is 0 Å². The Bertz CT molecular complexity index is 564. The van der Waals surface area contributed by atoms with E-state index in [1.54, 1.807) is 0 Å². The Hall–Kier alpha value is -1.24. The highest BCUT2D eigenvalue weighted by molar-refractivity contribution is 5.80. The van der Waals surface area contributed by atoms with Crippen LogP contribution in [0, 0.1) is 24.7 Å². The molecular weight excluding hydrogens is 218 g/mol. The van der Waals surface area contributed by atoms with E-state index in [0.717, 1.165) is 17.8 Å². The number of rotatable bonds is 2. The molecule has 0 amide bonds. The quantitative estimate of drug-likeness (QED) is 0.732. The molecule has 1 heteroatoms. The Kier molecular flexibility index (Phi) is 2.30. The molecule has 1 aromatic carbocycles. The van der Waals surface area contributed by atoms with Gasteiger partial charge in [-0.1, -0.05) is 11.6 Å². The monoisotopic (exact) mass is 239 g/mol. The Morgan fingerprint density at radius 2 is 1.83 bits per heavy atom. The van der Waals surface area contributed by atoms with Gasteiger partial charge in [0, 0.05) is 18.3 Å². The molecule has 0 unspecified atom stereocenters. The summed E-state index contributed by atoms with van der Waals surface area (Å²) in [4.78, 5) is 0. The van der Waals surface area contributed by atoms with Crippen LogP contribution in [0.2, 0.25) is 0 Å². The second kappa shape index (κ2) is 3.88. The number of nitrogens with zero attached hydrogens (tertiary/aromatic N) is 1. The molecule has 2 bridgehead atoms. The minimum absolute atomic E-state index is 0.930. The molecule has 0 radical (unpaired) electrons. The molecule has 0 saturated heterocycles. The standard InChI is InChI=1S/C17H21N/c1-12-2-3-17-16(6-12)4-5-18(17)11-15-9-13-7-14(8-13)10-15/h2-6,13-15H,7-11H2,1H3. The van der Waals surface area contributed by atoms with Crippen LogP contribution in [0.5, 0.6) is 0 Å². The van der Waals surface area contributed by atoms with E-state index in [4.69, 9.17) is 0 Å². The second-order valence-corrected chi connectivity index (χ2v) is 6.57. The maximum atomic E-state index is 2.48. The van der Waals surface area contributed by atoms with Crippen LogP contribution >= 0.6 is 0 Å². The summed E-state index contributed by atoms with van der Waals surface area (Å²) in [6.45, 7) is 3.41. The van der Waals surface area contributed by atoms with Crippen molar-refractivity contribution in [2.75, 3.05) is 0 Å². The SMILES string of the molecule is Cc1ccc2c(ccn2CC2CC3CC(C3)C2)c1. The lowest BCUT2D eigenvalue weighted by atomic mass is 9.61. The van der Waals surface area contributed by atoms with Crippen LogP contribution in [-0.4, -0.2) is 4.57 Å². The minimum Gasteiger partial charge on any atom is -0.347 e. The molecular formula is C17H21N. The molecule has 5 rings (SSSR count). The van der Waals surface area contributed by atoms with E-state index < -0.39 is 0 Å². The van der Waals surface area contributed by atoms with Crippen LogP contribution < -0.4 is 0 Å². The van der Waals surface area contributed by atoms with Gasteiger partial charge >= 0.3 is 0 Å². The van der Waals surface area contributed by atoms with Crippen molar-refractivity contribution < 1.29 is 0 Å². The van der Waals surface area contributed by atoms with Crippen molar-refractivity contribution in [3.8, 4) is 0 Å². The second-order valence-electron chi connectivity index (χ2n) is 6.57. The summed E-state index contributed by atoms with van der Waals surface area (Å²) in [6, 6.07) is 9.08. The lowest BCUT2D eigenvalue weighted by molar-refractivity contribution is 0.0602. The van der Waals surface area contributed by atoms with Crippen molar-refractivity contribution in [1.82, 2.24) is 4.57 Å². The van der Waals surface area contributed by atoms with Crippen molar-refractivity contribution in [2.24, 2.45) is 17.8 Å². The fourth-order valence-electron chi connectivity index (χ4n) is 4.20. The molecule has 1 nitrogen and oxygen atoms in total. The first-order valence-corrected chi connectivity index (χ1v) is 7.33. The minimum atomic E-state index is 0.930. The number of benzene rings is 1. The third-order valence-corrected chi connectivity index (χ3v) is 5.05. The van der Waals surface area contributed by atoms with Gasteiger partial charge in [0.1, 0.15) is 0 Å². The van der Waals surface area contributed by atoms with Crippen molar-refractivity contribution in [1.29, 1.82) is 0 Å². The summed E-state index contributed by atoms with van der Waals surface area (Å²) in [7, 11) is 0. The zero-order chi connectivity index (χ0) is 12.1. The van der Waals surface area contributed by atoms with Crippen LogP contribution in [0.25, 0.3) is 10.9 Å². The Balaban J connectivity index is 1.59. The summed E-state index contributed by atoms with van der Waals surface area (Å²) in [5, 5.41) is 1.40. The summed E-state index contributed by atoms with van der Waals surface area (Å²) in [5.74, 6) is 3.06. The van der Waals surface area contributed by atoms with Gasteiger partial charge in [0.05, 0.1) is 0 Å². The fraction of sp³-hybridized carbons (Fsp3) is 0.529. The van der Waals surface area contributed by atoms with Gasteiger partial charge in [0.25, 0.3) is 0 Å². The number of aryl methyl sites for hydroxylation is 1. The summed E-state index contributed by atoms with van der Waals surface area (Å²) in [6.07, 6.45) is 8.29. The summed E-state index contributed by atoms with van der Waals surface area (Å²) < 4.78 is 2.48. The highest BCUT2D eigenvalue weighted by Crippen LogP contribution is 2.48. The van der Waals surface area contributed by atoms with E-state index in [2.05, 4.69) is 42.0 Å². The molecule has 1 aromatic heterocycles. The van der Waals surface area contributed by atoms with Crippen LogP contribution in [0.4, 0.5) is 0 Å². The highest BCUT2D eigenvalue weighted by atomic mass is 15.0. The van der Waals surface area contributed by atoms with E-state index in [-0.39, 0.29) is 0 Å². The predicted octanol–water partition coefficient (Wildman–Crippen LogP) is 4.39. The predicted molar refractivity (Wildman–Crippen MR) is 75.6 cm³/mol. The van der Waals surface area contributed by atoms with Crippen LogP contribution in [-0.2, 0) is 6.54 Å². The molecule has 18 heavy (non-hydrogen) atoms. The molecule has 94 valence electrons. The molecule has 1 heterocycles. The fourth-order valence-corrected chi connectivity index (χ4v) is 4.20. The van der Waals surface area contributed by atoms with Gasteiger partial charge < -0.3 is 4.57 Å².